The van der Waals surface area contributed by atoms with Gasteiger partial charge >= 0.3 is 5.97 Å². The van der Waals surface area contributed by atoms with E-state index in [1.807, 2.05) is 0 Å². The molecule has 0 saturated carbocycles. The Morgan fingerprint density at radius 3 is 2.52 bits per heavy atom. The number of hydrogen-bond acceptors (Lipinski definition) is 5. The molecule has 0 unspecified atom stereocenters. The van der Waals surface area contributed by atoms with Crippen molar-refractivity contribution in [2.24, 2.45) is 0 Å². The van der Waals surface area contributed by atoms with Gasteiger partial charge in [0, 0.05) is 12.6 Å². The Kier molecular flexibility index (Phi) is 7.02. The first kappa shape index (κ1) is 17.3. The molecule has 21 heavy (non-hydrogen) atoms. The number of hydrogen-bond donors (Lipinski definition) is 2. The largest absolute Gasteiger partial charge is 0.462 e. The maximum absolute atomic E-state index is 11.9. The molecule has 1 aromatic rings. The van der Waals surface area contributed by atoms with Gasteiger partial charge in [0.2, 0.25) is 0 Å². The number of ether oxygens (including phenoxy) is 1. The highest BCUT2D eigenvalue weighted by atomic mass is 16.5. The number of esters is 1. The number of rotatable bonds is 8. The van der Waals surface area contributed by atoms with E-state index in [2.05, 4.69) is 18.7 Å². The predicted octanol–water partition coefficient (Wildman–Crippen LogP) is 2.43. The third-order valence-electron chi connectivity index (χ3n) is 3.58. The quantitative estimate of drug-likeness (QED) is 0.569. The second kappa shape index (κ2) is 8.52. The number of anilines is 2. The van der Waals surface area contributed by atoms with Crippen molar-refractivity contribution < 1.29 is 14.6 Å². The van der Waals surface area contributed by atoms with Gasteiger partial charge in [0.1, 0.15) is 0 Å². The second-order valence-corrected chi connectivity index (χ2v) is 4.88. The highest BCUT2D eigenvalue weighted by molar-refractivity contribution is 5.92. The van der Waals surface area contributed by atoms with Gasteiger partial charge in [-0.3, -0.25) is 0 Å². The van der Waals surface area contributed by atoms with E-state index < -0.39 is 0 Å². The fraction of sp³-hybridized carbons (Fsp3) is 0.562. The molecule has 118 valence electrons. The molecule has 0 aliphatic carbocycles. The van der Waals surface area contributed by atoms with Crippen LogP contribution in [-0.2, 0) is 4.74 Å². The van der Waals surface area contributed by atoms with Crippen molar-refractivity contribution in [1.82, 2.24) is 0 Å². The Balaban J connectivity index is 3.17. The first-order valence-electron chi connectivity index (χ1n) is 7.53. The van der Waals surface area contributed by atoms with Crippen LogP contribution >= 0.6 is 0 Å². The summed E-state index contributed by atoms with van der Waals surface area (Å²) in [5, 5.41) is 9.32. The van der Waals surface area contributed by atoms with Gasteiger partial charge < -0.3 is 20.5 Å². The van der Waals surface area contributed by atoms with Crippen LogP contribution in [-0.4, -0.2) is 36.9 Å². The van der Waals surface area contributed by atoms with Gasteiger partial charge in [0.15, 0.2) is 0 Å². The van der Waals surface area contributed by atoms with Gasteiger partial charge in [-0.25, -0.2) is 4.79 Å². The zero-order chi connectivity index (χ0) is 15.8. The lowest BCUT2D eigenvalue weighted by Crippen LogP contribution is -2.37. The lowest BCUT2D eigenvalue weighted by atomic mass is 10.1. The summed E-state index contributed by atoms with van der Waals surface area (Å²) in [6, 6.07) is 5.41. The molecule has 0 radical (unpaired) electrons. The van der Waals surface area contributed by atoms with Crippen molar-refractivity contribution in [1.29, 1.82) is 0 Å². The van der Waals surface area contributed by atoms with Crippen LogP contribution in [0.3, 0.4) is 0 Å². The Hall–Kier alpha value is -1.75. The van der Waals surface area contributed by atoms with Gasteiger partial charge in [0.25, 0.3) is 0 Å². The Bertz CT molecular complexity index is 459. The number of carbonyl (C=O) groups is 1. The minimum atomic E-state index is -0.354. The van der Waals surface area contributed by atoms with Crippen LogP contribution < -0.4 is 10.6 Å². The smallest absolute Gasteiger partial charge is 0.338 e. The maximum atomic E-state index is 11.9. The number of aliphatic hydroxyl groups is 1. The fourth-order valence-electron chi connectivity index (χ4n) is 2.47. The summed E-state index contributed by atoms with van der Waals surface area (Å²) in [6.45, 7) is 6.85. The van der Waals surface area contributed by atoms with Crippen molar-refractivity contribution in [3.63, 3.8) is 0 Å². The first-order valence-corrected chi connectivity index (χ1v) is 7.53. The third kappa shape index (κ3) is 4.36. The third-order valence-corrected chi connectivity index (χ3v) is 3.58. The zero-order valence-electron chi connectivity index (χ0n) is 13.1. The van der Waals surface area contributed by atoms with Gasteiger partial charge in [-0.2, -0.15) is 0 Å². The van der Waals surface area contributed by atoms with Crippen molar-refractivity contribution in [3.8, 4) is 0 Å². The van der Waals surface area contributed by atoms with Crippen LogP contribution in [0.2, 0.25) is 0 Å². The minimum absolute atomic E-state index is 0.0412. The average molecular weight is 294 g/mol. The molecule has 3 N–H and O–H groups in total. The van der Waals surface area contributed by atoms with Gasteiger partial charge in [-0.15, -0.1) is 0 Å². The van der Waals surface area contributed by atoms with Gasteiger partial charge in [-0.1, -0.05) is 13.8 Å². The van der Waals surface area contributed by atoms with Crippen LogP contribution in [0, 0.1) is 0 Å². The molecule has 0 spiro atoms. The molecule has 0 bridgehead atoms. The molecular weight excluding hydrogens is 268 g/mol. The summed E-state index contributed by atoms with van der Waals surface area (Å²) >= 11 is 0. The van der Waals surface area contributed by atoms with E-state index in [0.717, 1.165) is 18.5 Å². The Morgan fingerprint density at radius 2 is 2.00 bits per heavy atom. The van der Waals surface area contributed by atoms with E-state index in [9.17, 15) is 9.90 Å². The van der Waals surface area contributed by atoms with E-state index in [1.165, 1.54) is 0 Å². The number of carbonyl (C=O) groups excluding carboxylic acids is 1. The molecule has 5 heteroatoms. The van der Waals surface area contributed by atoms with E-state index in [4.69, 9.17) is 10.5 Å². The van der Waals surface area contributed by atoms with Crippen molar-refractivity contribution in [3.05, 3.63) is 23.8 Å². The van der Waals surface area contributed by atoms with E-state index in [0.29, 0.717) is 24.4 Å². The lowest BCUT2D eigenvalue weighted by molar-refractivity contribution is 0.0526. The molecule has 1 rings (SSSR count). The summed E-state index contributed by atoms with van der Waals surface area (Å²) in [4.78, 5) is 13.9. The van der Waals surface area contributed by atoms with Crippen LogP contribution in [0.25, 0.3) is 0 Å². The summed E-state index contributed by atoms with van der Waals surface area (Å²) in [5.74, 6) is -0.354. The predicted molar refractivity (Wildman–Crippen MR) is 85.6 cm³/mol. The SMILES string of the molecule is CCOC(=O)c1ccc(N)c(N(CCO)C(CC)CC)c1. The molecule has 0 saturated heterocycles. The monoisotopic (exact) mass is 294 g/mol. The number of nitrogens with two attached hydrogens (primary N) is 1. The highest BCUT2D eigenvalue weighted by Gasteiger charge is 2.19. The molecule has 0 amide bonds. The molecule has 1 aromatic carbocycles. The molecular formula is C16H26N2O3. The first-order chi connectivity index (χ1) is 10.1. The number of benzene rings is 1. The van der Waals surface area contributed by atoms with Crippen LogP contribution in [0.4, 0.5) is 11.4 Å². The normalized spacial score (nSPS) is 10.7. The zero-order valence-corrected chi connectivity index (χ0v) is 13.1. The van der Waals surface area contributed by atoms with E-state index in [-0.39, 0.29) is 18.6 Å². The summed E-state index contributed by atoms with van der Waals surface area (Å²) in [6.07, 6.45) is 1.89. The lowest BCUT2D eigenvalue weighted by Gasteiger charge is -2.33. The number of nitrogens with zero attached hydrogens (tertiary/aromatic N) is 1. The minimum Gasteiger partial charge on any atom is -0.462 e. The van der Waals surface area contributed by atoms with Crippen molar-refractivity contribution in [2.45, 2.75) is 39.7 Å². The van der Waals surface area contributed by atoms with E-state index in [1.54, 1.807) is 25.1 Å². The Labute approximate surface area is 126 Å². The average Bonchev–Trinajstić information content (AvgIpc) is 2.48. The molecule has 0 fully saturated rings. The molecule has 0 aliphatic rings. The topological polar surface area (TPSA) is 75.8 Å². The second-order valence-electron chi connectivity index (χ2n) is 4.88. The van der Waals surface area contributed by atoms with Crippen molar-refractivity contribution >= 4 is 17.3 Å². The highest BCUT2D eigenvalue weighted by Crippen LogP contribution is 2.28. The maximum Gasteiger partial charge on any atom is 0.338 e. The van der Waals surface area contributed by atoms with Crippen molar-refractivity contribution in [2.75, 3.05) is 30.4 Å². The molecule has 0 aromatic heterocycles. The molecule has 0 atom stereocenters. The van der Waals surface area contributed by atoms with Crippen LogP contribution in [0.5, 0.6) is 0 Å². The fourth-order valence-corrected chi connectivity index (χ4v) is 2.47. The standard InChI is InChI=1S/C16H26N2O3/c1-4-13(5-2)18(9-10-19)15-11-12(7-8-14(15)17)16(20)21-6-3/h7-8,11,13,19H,4-6,9-10,17H2,1-3H3. The summed E-state index contributed by atoms with van der Waals surface area (Å²) < 4.78 is 5.03. The van der Waals surface area contributed by atoms with Gasteiger partial charge in [-0.05, 0) is 38.0 Å². The van der Waals surface area contributed by atoms with Gasteiger partial charge in [0.05, 0.1) is 30.2 Å². The summed E-state index contributed by atoms with van der Waals surface area (Å²) in [7, 11) is 0. The summed E-state index contributed by atoms with van der Waals surface area (Å²) in [5.41, 5.74) is 7.93. The number of aliphatic hydroxyl groups excluding tert-OH is 1. The molecule has 5 nitrogen and oxygen atoms in total. The molecule has 0 aliphatic heterocycles. The number of nitrogen functional groups attached to an aromatic ring is 1. The van der Waals surface area contributed by atoms with E-state index >= 15 is 0 Å². The van der Waals surface area contributed by atoms with Crippen LogP contribution in [0.1, 0.15) is 44.0 Å². The molecule has 0 heterocycles. The Morgan fingerprint density at radius 1 is 1.33 bits per heavy atom. The van der Waals surface area contributed by atoms with Crippen LogP contribution in [0.15, 0.2) is 18.2 Å².